The van der Waals surface area contributed by atoms with Crippen LogP contribution in [0.3, 0.4) is 0 Å². The molecule has 2 aromatic rings. The Labute approximate surface area is 285 Å². The second-order valence-corrected chi connectivity index (χ2v) is 16.1. The molecule has 14 heteroatoms. The zero-order chi connectivity index (χ0) is 34.3. The van der Waals surface area contributed by atoms with Crippen LogP contribution in [-0.2, 0) is 35.6 Å². The summed E-state index contributed by atoms with van der Waals surface area (Å²) in [6.07, 6.45) is 8.76. The minimum atomic E-state index is -3.87. The van der Waals surface area contributed by atoms with Crippen molar-refractivity contribution >= 4 is 44.6 Å². The van der Waals surface area contributed by atoms with Gasteiger partial charge in [0.05, 0.1) is 18.4 Å². The Morgan fingerprint density at radius 2 is 1.90 bits per heavy atom. The van der Waals surface area contributed by atoms with Crippen LogP contribution in [-0.4, -0.2) is 84.2 Å². The summed E-state index contributed by atoms with van der Waals surface area (Å²) in [6, 6.07) is 6.08. The van der Waals surface area contributed by atoms with Gasteiger partial charge >= 0.3 is 6.09 Å². The second kappa shape index (κ2) is 13.3. The van der Waals surface area contributed by atoms with Crippen molar-refractivity contribution in [1.82, 2.24) is 25.2 Å². The van der Waals surface area contributed by atoms with E-state index in [-0.39, 0.29) is 31.9 Å². The SMILES string of the molecule is C=C[C@@H]1CC1(NC(=O)[C@@H]1C[C@@H]2CN1C(=O)[C@H](C1CCC1)NC(=O)OCCCCCc1ccc3ccnc(c3c1)O2)C(=O)NS(=O)(=O)C1CC1. The van der Waals surface area contributed by atoms with Crippen LogP contribution in [0.5, 0.6) is 5.88 Å². The summed E-state index contributed by atoms with van der Waals surface area (Å²) in [6.45, 7) is 4.03. The normalized spacial score (nSPS) is 29.4. The number of cyclic esters (lactones) is 1. The number of benzene rings is 1. The zero-order valence-electron chi connectivity index (χ0n) is 27.4. The van der Waals surface area contributed by atoms with Crippen LogP contribution < -0.4 is 20.1 Å². The van der Waals surface area contributed by atoms with Crippen molar-refractivity contribution in [3.05, 3.63) is 48.7 Å². The number of pyridine rings is 1. The highest BCUT2D eigenvalue weighted by atomic mass is 32.2. The van der Waals surface area contributed by atoms with Gasteiger partial charge in [0.1, 0.15) is 23.7 Å². The molecule has 5 aliphatic rings. The quantitative estimate of drug-likeness (QED) is 0.369. The number of hydrogen-bond donors (Lipinski definition) is 3. The van der Waals surface area contributed by atoms with Gasteiger partial charge in [0.25, 0.3) is 5.91 Å². The lowest BCUT2D eigenvalue weighted by molar-refractivity contribution is -0.142. The number of alkyl carbamates (subject to hydrolysis) is 1. The number of carbonyl (C=O) groups excluding carboxylic acids is 4. The molecule has 3 aliphatic carbocycles. The number of ether oxygens (including phenoxy) is 2. The average molecular weight is 694 g/mol. The number of rotatable bonds is 7. The molecule has 7 rings (SSSR count). The van der Waals surface area contributed by atoms with Crippen LogP contribution in [0.25, 0.3) is 10.8 Å². The molecule has 1 aromatic carbocycles. The molecular formula is C35H43N5O8S. The molecule has 3 N–H and O–H groups in total. The monoisotopic (exact) mass is 693 g/mol. The molecule has 1 saturated heterocycles. The van der Waals surface area contributed by atoms with Crippen molar-refractivity contribution in [3.8, 4) is 5.88 Å². The molecule has 4 amide bonds. The van der Waals surface area contributed by atoms with Gasteiger partial charge in [-0.15, -0.1) is 6.58 Å². The minimum absolute atomic E-state index is 0.0365. The van der Waals surface area contributed by atoms with E-state index >= 15 is 0 Å². The van der Waals surface area contributed by atoms with Crippen molar-refractivity contribution in [2.75, 3.05) is 13.2 Å². The van der Waals surface area contributed by atoms with Gasteiger partial charge in [0.15, 0.2) is 0 Å². The maximum absolute atomic E-state index is 14.4. The lowest BCUT2D eigenvalue weighted by atomic mass is 9.79. The van der Waals surface area contributed by atoms with Crippen molar-refractivity contribution in [3.63, 3.8) is 0 Å². The third-order valence-electron chi connectivity index (χ3n) is 10.7. The Morgan fingerprint density at radius 3 is 2.61 bits per heavy atom. The van der Waals surface area contributed by atoms with Crippen LogP contribution in [0.4, 0.5) is 4.79 Å². The number of fused-ring (bicyclic) bond motifs is 3. The number of nitrogens with zero attached hydrogens (tertiary/aromatic N) is 2. The fraction of sp³-hybridized carbons (Fsp3) is 0.571. The van der Waals surface area contributed by atoms with Crippen molar-refractivity contribution in [2.24, 2.45) is 11.8 Å². The molecule has 1 unspecified atom stereocenters. The number of aromatic nitrogens is 1. The van der Waals surface area contributed by atoms with Crippen LogP contribution in [0.2, 0.25) is 0 Å². The fourth-order valence-electron chi connectivity index (χ4n) is 7.26. The molecule has 49 heavy (non-hydrogen) atoms. The van der Waals surface area contributed by atoms with Crippen LogP contribution in [0, 0.1) is 11.8 Å². The molecular weight excluding hydrogens is 650 g/mol. The van der Waals surface area contributed by atoms with E-state index in [4.69, 9.17) is 9.47 Å². The summed E-state index contributed by atoms with van der Waals surface area (Å²) in [5.74, 6) is -2.08. The smallest absolute Gasteiger partial charge is 0.407 e. The molecule has 2 aliphatic heterocycles. The molecule has 3 saturated carbocycles. The van der Waals surface area contributed by atoms with E-state index in [9.17, 15) is 27.6 Å². The van der Waals surface area contributed by atoms with E-state index in [0.717, 1.165) is 54.9 Å². The van der Waals surface area contributed by atoms with Gasteiger partial charge in [0, 0.05) is 23.9 Å². The van der Waals surface area contributed by atoms with Gasteiger partial charge in [0.2, 0.25) is 27.7 Å². The van der Waals surface area contributed by atoms with E-state index in [0.29, 0.717) is 25.1 Å². The molecule has 0 spiro atoms. The van der Waals surface area contributed by atoms with E-state index in [1.54, 1.807) is 6.20 Å². The summed E-state index contributed by atoms with van der Waals surface area (Å²) >= 11 is 0. The molecule has 13 nitrogen and oxygen atoms in total. The maximum Gasteiger partial charge on any atom is 0.407 e. The molecule has 0 radical (unpaired) electrons. The Kier molecular flexibility index (Phi) is 9.01. The number of aryl methyl sites for hydroxylation is 1. The molecule has 262 valence electrons. The third-order valence-corrected chi connectivity index (χ3v) is 12.5. The van der Waals surface area contributed by atoms with Gasteiger partial charge in [-0.05, 0) is 86.8 Å². The number of sulfonamides is 1. The first-order valence-electron chi connectivity index (χ1n) is 17.4. The topological polar surface area (TPSA) is 173 Å². The number of carbonyl (C=O) groups is 4. The van der Waals surface area contributed by atoms with E-state index < -0.39 is 68.7 Å². The highest BCUT2D eigenvalue weighted by Gasteiger charge is 2.62. The fourth-order valence-corrected chi connectivity index (χ4v) is 8.63. The average Bonchev–Trinajstić information content (AvgIpc) is 3.98. The number of hydrogen-bond acceptors (Lipinski definition) is 9. The summed E-state index contributed by atoms with van der Waals surface area (Å²) in [5, 5.41) is 6.76. The van der Waals surface area contributed by atoms with Crippen LogP contribution >= 0.6 is 0 Å². The van der Waals surface area contributed by atoms with Gasteiger partial charge in [-0.3, -0.25) is 19.1 Å². The summed E-state index contributed by atoms with van der Waals surface area (Å²) in [4.78, 5) is 60.8. The molecule has 3 heterocycles. The van der Waals surface area contributed by atoms with E-state index in [1.807, 2.05) is 12.1 Å². The van der Waals surface area contributed by atoms with E-state index in [2.05, 4.69) is 39.1 Å². The standard InChI is InChI=1S/C35H43N5O8S/c1-2-24-19-35(24,33(43)39-49(45,46)26-12-13-26)38-30(41)28-18-25-20-40(28)32(42)29(23-8-6-9-23)37-34(44)47-16-5-3-4-7-21-10-11-22-14-15-36-31(48-25)27(22)17-21/h2,10-11,14-15,17,23-26,28-29H,1,3-9,12-13,16,18-20H2,(H,37,44)(H,38,41)(H,39,43)/t24-,25-,28+,29+,35?/m1/s1. The van der Waals surface area contributed by atoms with Gasteiger partial charge in [-0.2, -0.15) is 0 Å². The van der Waals surface area contributed by atoms with Crippen LogP contribution in [0.1, 0.15) is 69.8 Å². The van der Waals surface area contributed by atoms with Crippen molar-refractivity contribution < 1.29 is 37.1 Å². The predicted molar refractivity (Wildman–Crippen MR) is 179 cm³/mol. The van der Waals surface area contributed by atoms with Crippen LogP contribution in [0.15, 0.2) is 43.1 Å². The minimum Gasteiger partial charge on any atom is -0.472 e. The Morgan fingerprint density at radius 1 is 1.08 bits per heavy atom. The highest BCUT2D eigenvalue weighted by Crippen LogP contribution is 2.45. The molecule has 4 bridgehead atoms. The lowest BCUT2D eigenvalue weighted by Gasteiger charge is -2.36. The summed E-state index contributed by atoms with van der Waals surface area (Å²) < 4.78 is 39.4. The third kappa shape index (κ3) is 6.84. The molecule has 5 atom stereocenters. The second-order valence-electron chi connectivity index (χ2n) is 14.1. The molecule has 1 aromatic heterocycles. The first-order valence-corrected chi connectivity index (χ1v) is 18.9. The zero-order valence-corrected chi connectivity index (χ0v) is 28.2. The first-order chi connectivity index (χ1) is 23.6. The van der Waals surface area contributed by atoms with Crippen molar-refractivity contribution in [2.45, 2.75) is 99.6 Å². The Bertz CT molecular complexity index is 1780. The van der Waals surface area contributed by atoms with Gasteiger partial charge in [-0.1, -0.05) is 24.6 Å². The lowest BCUT2D eigenvalue weighted by Crippen LogP contribution is -2.59. The maximum atomic E-state index is 14.4. The number of amides is 4. The van der Waals surface area contributed by atoms with E-state index in [1.165, 1.54) is 11.0 Å². The largest absolute Gasteiger partial charge is 0.472 e. The summed E-state index contributed by atoms with van der Waals surface area (Å²) in [5.41, 5.74) is -0.397. The Balaban J connectivity index is 1.19. The van der Waals surface area contributed by atoms with Crippen molar-refractivity contribution in [1.29, 1.82) is 0 Å². The number of nitrogens with one attached hydrogen (secondary N) is 3. The van der Waals surface area contributed by atoms with Gasteiger partial charge in [-0.25, -0.2) is 18.2 Å². The summed E-state index contributed by atoms with van der Waals surface area (Å²) in [7, 11) is -3.87. The molecule has 4 fully saturated rings. The predicted octanol–water partition coefficient (Wildman–Crippen LogP) is 2.87. The highest BCUT2D eigenvalue weighted by molar-refractivity contribution is 7.91. The van der Waals surface area contributed by atoms with Gasteiger partial charge < -0.3 is 25.0 Å². The Hall–Kier alpha value is -4.20. The first kappa shape index (κ1) is 33.3.